The Morgan fingerprint density at radius 2 is 1.64 bits per heavy atom. The molecule has 0 heterocycles. The summed E-state index contributed by atoms with van der Waals surface area (Å²) in [4.78, 5) is 26.5. The first kappa shape index (κ1) is 26.4. The third kappa shape index (κ3) is 2.95. The average Bonchev–Trinajstić information content (AvgIpc) is 2.83. The van der Waals surface area contributed by atoms with Gasteiger partial charge in [-0.2, -0.15) is 0 Å². The summed E-state index contributed by atoms with van der Waals surface area (Å²) >= 11 is 0. The molecular formula is C30H46O6. The van der Waals surface area contributed by atoms with E-state index in [0.717, 1.165) is 32.1 Å². The molecule has 0 aliphatic heterocycles. The van der Waals surface area contributed by atoms with E-state index < -0.39 is 28.3 Å². The summed E-state index contributed by atoms with van der Waals surface area (Å²) in [5.41, 5.74) is -1.55. The number of carbonyl (C=O) groups is 2. The molecule has 4 fully saturated rings. The normalized spacial score (nSPS) is 54.4. The van der Waals surface area contributed by atoms with Crippen LogP contribution in [0.3, 0.4) is 0 Å². The quantitative estimate of drug-likeness (QED) is 0.426. The van der Waals surface area contributed by atoms with Crippen LogP contribution in [0.5, 0.6) is 0 Å². The van der Waals surface area contributed by atoms with Crippen molar-refractivity contribution in [1.29, 1.82) is 0 Å². The first-order valence-corrected chi connectivity index (χ1v) is 14.1. The third-order valence-electron chi connectivity index (χ3n) is 13.3. The molecule has 0 amide bonds. The molecule has 6 nitrogen and oxygen atoms in total. The molecule has 202 valence electrons. The van der Waals surface area contributed by atoms with Gasteiger partial charge in [-0.25, -0.2) is 0 Å². The van der Waals surface area contributed by atoms with Crippen molar-refractivity contribution in [2.45, 2.75) is 98.5 Å². The Bertz CT molecular complexity index is 1010. The summed E-state index contributed by atoms with van der Waals surface area (Å²) < 4.78 is 0. The molecular weight excluding hydrogens is 456 g/mol. The van der Waals surface area contributed by atoms with Crippen molar-refractivity contribution in [2.75, 3.05) is 13.2 Å². The van der Waals surface area contributed by atoms with Crippen LogP contribution in [-0.4, -0.2) is 51.5 Å². The zero-order valence-corrected chi connectivity index (χ0v) is 22.8. The van der Waals surface area contributed by atoms with Gasteiger partial charge in [0, 0.05) is 23.9 Å². The fraction of sp³-hybridized carbons (Fsp3) is 0.867. The predicted molar refractivity (Wildman–Crippen MR) is 136 cm³/mol. The van der Waals surface area contributed by atoms with E-state index in [1.807, 2.05) is 6.92 Å². The zero-order valence-electron chi connectivity index (χ0n) is 22.8. The van der Waals surface area contributed by atoms with Gasteiger partial charge in [0.1, 0.15) is 5.78 Å². The number of carboxylic acids is 1. The minimum Gasteiger partial charge on any atom is -0.481 e. The fourth-order valence-corrected chi connectivity index (χ4v) is 10.4. The lowest BCUT2D eigenvalue weighted by atomic mass is 9.33. The first-order valence-electron chi connectivity index (χ1n) is 14.1. The molecule has 0 aromatic heterocycles. The maximum absolute atomic E-state index is 13.8. The van der Waals surface area contributed by atoms with E-state index >= 15 is 0 Å². The molecule has 36 heavy (non-hydrogen) atoms. The van der Waals surface area contributed by atoms with Crippen molar-refractivity contribution >= 4 is 11.8 Å². The van der Waals surface area contributed by atoms with Crippen molar-refractivity contribution in [1.82, 2.24) is 0 Å². The number of aliphatic hydroxyl groups excluding tert-OH is 3. The summed E-state index contributed by atoms with van der Waals surface area (Å²) in [5.74, 6) is -0.697. The van der Waals surface area contributed by atoms with Gasteiger partial charge in [0.25, 0.3) is 0 Å². The van der Waals surface area contributed by atoms with Crippen LogP contribution >= 0.6 is 0 Å². The Morgan fingerprint density at radius 3 is 2.25 bits per heavy atom. The third-order valence-corrected chi connectivity index (χ3v) is 13.3. The summed E-state index contributed by atoms with van der Waals surface area (Å²) in [7, 11) is 0. The number of ketones is 1. The second-order valence-corrected chi connectivity index (χ2v) is 14.6. The summed E-state index contributed by atoms with van der Waals surface area (Å²) in [6, 6.07) is 0. The minimum absolute atomic E-state index is 0.0689. The van der Waals surface area contributed by atoms with Crippen LogP contribution in [0.4, 0.5) is 0 Å². The molecule has 5 rings (SSSR count). The largest absolute Gasteiger partial charge is 0.481 e. The molecule has 6 heteroatoms. The van der Waals surface area contributed by atoms with E-state index in [-0.39, 0.29) is 59.4 Å². The van der Waals surface area contributed by atoms with Gasteiger partial charge >= 0.3 is 5.97 Å². The predicted octanol–water partition coefficient (Wildman–Crippen LogP) is 4.36. The standard InChI is InChI=1S/C30H46O6/c1-25(16-31)10-12-30(24(35)36)13-11-27(3)18(19(30)15-25)6-7-21-28(27,4)9-8-20-26(2,17-32)22(33)14-23(34)29(20,21)5/h6,19-22,31-33H,7-17H2,1-5H3,(H,35,36). The molecule has 4 N–H and O–H groups in total. The average molecular weight is 503 g/mol. The van der Waals surface area contributed by atoms with E-state index in [4.69, 9.17) is 0 Å². The smallest absolute Gasteiger partial charge is 0.310 e. The highest BCUT2D eigenvalue weighted by Crippen LogP contribution is 2.75. The first-order chi connectivity index (χ1) is 16.7. The molecule has 5 aliphatic rings. The van der Waals surface area contributed by atoms with Gasteiger partial charge < -0.3 is 20.4 Å². The van der Waals surface area contributed by atoms with Crippen molar-refractivity contribution in [3.63, 3.8) is 0 Å². The Hall–Kier alpha value is -1.24. The van der Waals surface area contributed by atoms with E-state index in [1.54, 1.807) is 0 Å². The van der Waals surface area contributed by atoms with Gasteiger partial charge in [-0.3, -0.25) is 9.59 Å². The summed E-state index contributed by atoms with van der Waals surface area (Å²) in [6.45, 7) is 10.7. The number of fused-ring (bicyclic) bond motifs is 7. The molecule has 0 aromatic rings. The highest BCUT2D eigenvalue weighted by atomic mass is 16.4. The molecule has 10 unspecified atom stereocenters. The van der Waals surface area contributed by atoms with Crippen molar-refractivity contribution in [2.24, 2.45) is 50.2 Å². The number of aliphatic carboxylic acids is 1. The number of aliphatic hydroxyl groups is 3. The highest BCUT2D eigenvalue weighted by Gasteiger charge is 2.71. The Labute approximate surface area is 215 Å². The fourth-order valence-electron chi connectivity index (χ4n) is 10.4. The van der Waals surface area contributed by atoms with Crippen LogP contribution in [0.25, 0.3) is 0 Å². The van der Waals surface area contributed by atoms with Crippen molar-refractivity contribution in [3.05, 3.63) is 11.6 Å². The number of allylic oxidation sites excluding steroid dienone is 2. The monoisotopic (exact) mass is 502 g/mol. The van der Waals surface area contributed by atoms with Crippen LogP contribution in [0.1, 0.15) is 92.4 Å². The molecule has 4 saturated carbocycles. The number of carboxylic acid groups (broad SMARTS) is 1. The van der Waals surface area contributed by atoms with Crippen LogP contribution < -0.4 is 0 Å². The van der Waals surface area contributed by atoms with E-state index in [1.165, 1.54) is 5.57 Å². The molecule has 0 radical (unpaired) electrons. The Kier molecular flexibility index (Phi) is 5.78. The van der Waals surface area contributed by atoms with Crippen molar-refractivity contribution < 1.29 is 30.0 Å². The van der Waals surface area contributed by atoms with Gasteiger partial charge in [-0.05, 0) is 85.4 Å². The van der Waals surface area contributed by atoms with Crippen LogP contribution in [-0.2, 0) is 9.59 Å². The lowest BCUT2D eigenvalue weighted by Gasteiger charge is -2.70. The van der Waals surface area contributed by atoms with Crippen LogP contribution in [0.2, 0.25) is 0 Å². The molecule has 0 bridgehead atoms. The molecule has 0 saturated heterocycles. The summed E-state index contributed by atoms with van der Waals surface area (Å²) in [5, 5.41) is 41.9. The second-order valence-electron chi connectivity index (χ2n) is 14.6. The lowest BCUT2D eigenvalue weighted by molar-refractivity contribution is -0.212. The van der Waals surface area contributed by atoms with Crippen LogP contribution in [0, 0.1) is 50.2 Å². The maximum atomic E-state index is 13.8. The van der Waals surface area contributed by atoms with Gasteiger partial charge in [0.2, 0.25) is 0 Å². The van der Waals surface area contributed by atoms with Gasteiger partial charge in [-0.1, -0.05) is 46.3 Å². The number of hydrogen-bond acceptors (Lipinski definition) is 5. The van der Waals surface area contributed by atoms with Gasteiger partial charge in [-0.15, -0.1) is 0 Å². The van der Waals surface area contributed by atoms with Gasteiger partial charge in [0.15, 0.2) is 0 Å². The molecule has 5 aliphatic carbocycles. The Balaban J connectivity index is 1.62. The number of carbonyl (C=O) groups excluding carboxylic acids is 1. The van der Waals surface area contributed by atoms with Crippen molar-refractivity contribution in [3.8, 4) is 0 Å². The lowest BCUT2D eigenvalue weighted by Crippen LogP contribution is -2.68. The number of Topliss-reactive ketones (excluding diaryl/α,β-unsaturated/α-hetero) is 1. The minimum atomic E-state index is -0.827. The molecule has 0 spiro atoms. The SMILES string of the molecule is CC1(CO)CCC2(C(=O)O)CCC3(C)C(=CCC4C5(C)C(=O)CC(O)C(C)(CO)C5CCC43C)C2C1. The highest BCUT2D eigenvalue weighted by molar-refractivity contribution is 5.87. The number of hydrogen-bond donors (Lipinski definition) is 4. The molecule has 0 aromatic carbocycles. The maximum Gasteiger partial charge on any atom is 0.310 e. The topological polar surface area (TPSA) is 115 Å². The second kappa shape index (κ2) is 7.89. The van der Waals surface area contributed by atoms with E-state index in [9.17, 15) is 30.0 Å². The zero-order chi connectivity index (χ0) is 26.5. The summed E-state index contributed by atoms with van der Waals surface area (Å²) in [6.07, 6.45) is 7.38. The van der Waals surface area contributed by atoms with E-state index in [0.29, 0.717) is 19.3 Å². The Morgan fingerprint density at radius 1 is 0.972 bits per heavy atom. The van der Waals surface area contributed by atoms with E-state index in [2.05, 4.69) is 33.8 Å². The molecule has 10 atom stereocenters. The number of rotatable bonds is 3. The van der Waals surface area contributed by atoms with Gasteiger partial charge in [0.05, 0.1) is 18.1 Å². The van der Waals surface area contributed by atoms with Crippen LogP contribution in [0.15, 0.2) is 11.6 Å².